The van der Waals surface area contributed by atoms with Crippen LogP contribution in [0.25, 0.3) is 0 Å². The Balaban J connectivity index is 2.89. The van der Waals surface area contributed by atoms with Crippen molar-refractivity contribution < 1.29 is 19.4 Å². The zero-order chi connectivity index (χ0) is 12.8. The average molecular weight is 238 g/mol. The summed E-state index contributed by atoms with van der Waals surface area (Å²) >= 11 is 0. The second-order valence-electron chi connectivity index (χ2n) is 3.26. The third-order valence-electron chi connectivity index (χ3n) is 2.17. The normalized spacial score (nSPS) is 9.76. The van der Waals surface area contributed by atoms with Crippen LogP contribution in [-0.4, -0.2) is 42.2 Å². The van der Waals surface area contributed by atoms with Crippen molar-refractivity contribution in [1.29, 1.82) is 0 Å². The second-order valence-corrected chi connectivity index (χ2v) is 3.26. The van der Waals surface area contributed by atoms with E-state index in [1.807, 2.05) is 0 Å². The van der Waals surface area contributed by atoms with Crippen LogP contribution in [0.5, 0.6) is 5.75 Å². The summed E-state index contributed by atoms with van der Waals surface area (Å²) in [5.74, 6) is 0.00727. The van der Waals surface area contributed by atoms with E-state index >= 15 is 0 Å². The first-order valence-electron chi connectivity index (χ1n) is 4.99. The predicted octanol–water partition coefficient (Wildman–Crippen LogP) is 0.774. The molecule has 2 amide bonds. The Morgan fingerprint density at radius 3 is 2.35 bits per heavy atom. The minimum Gasteiger partial charge on any atom is -0.497 e. The summed E-state index contributed by atoms with van der Waals surface area (Å²) in [6.45, 7) is 0.0639. The van der Waals surface area contributed by atoms with Gasteiger partial charge >= 0.3 is 6.09 Å². The Morgan fingerprint density at radius 1 is 1.35 bits per heavy atom. The van der Waals surface area contributed by atoms with Crippen LogP contribution in [0.1, 0.15) is 10.4 Å². The molecular weight excluding hydrogens is 224 g/mol. The molecule has 6 heteroatoms. The fourth-order valence-corrected chi connectivity index (χ4v) is 1.30. The lowest BCUT2D eigenvalue weighted by Crippen LogP contribution is -2.39. The van der Waals surface area contributed by atoms with Crippen LogP contribution in [0.15, 0.2) is 24.3 Å². The molecule has 1 aromatic carbocycles. The molecule has 0 heterocycles. The van der Waals surface area contributed by atoms with Crippen molar-refractivity contribution in [2.24, 2.45) is 5.73 Å². The van der Waals surface area contributed by atoms with Crippen LogP contribution in [0, 0.1) is 0 Å². The van der Waals surface area contributed by atoms with Gasteiger partial charge in [0.2, 0.25) is 0 Å². The molecule has 1 rings (SSSR count). The molecule has 0 bridgehead atoms. The molecule has 0 aliphatic carbocycles. The Kier molecular flexibility index (Phi) is 4.47. The number of amides is 2. The molecule has 1 aromatic rings. The number of hydrogen-bond acceptors (Lipinski definition) is 4. The molecule has 0 saturated carbocycles. The lowest BCUT2D eigenvalue weighted by molar-refractivity contribution is 0.0746. The van der Waals surface area contributed by atoms with Gasteiger partial charge in [-0.05, 0) is 24.3 Å². The molecule has 0 aliphatic heterocycles. The highest BCUT2D eigenvalue weighted by molar-refractivity contribution is 6.02. The van der Waals surface area contributed by atoms with Crippen LogP contribution >= 0.6 is 0 Å². The van der Waals surface area contributed by atoms with Crippen molar-refractivity contribution in [2.75, 3.05) is 20.2 Å². The van der Waals surface area contributed by atoms with Crippen molar-refractivity contribution in [2.45, 2.75) is 0 Å². The van der Waals surface area contributed by atoms with Crippen molar-refractivity contribution in [1.82, 2.24) is 4.90 Å². The quantitative estimate of drug-likeness (QED) is 0.808. The molecule has 0 aromatic heterocycles. The minimum atomic E-state index is -1.31. The second kappa shape index (κ2) is 5.86. The Bertz CT molecular complexity index is 402. The number of imide groups is 1. The number of nitrogens with two attached hydrogens (primary N) is 1. The van der Waals surface area contributed by atoms with E-state index in [4.69, 9.17) is 15.6 Å². The molecule has 0 atom stereocenters. The monoisotopic (exact) mass is 238 g/mol. The maximum Gasteiger partial charge on any atom is 0.414 e. The van der Waals surface area contributed by atoms with Gasteiger partial charge in [0.1, 0.15) is 5.75 Å². The maximum atomic E-state index is 11.8. The number of benzene rings is 1. The first-order chi connectivity index (χ1) is 8.10. The highest BCUT2D eigenvalue weighted by atomic mass is 16.5. The van der Waals surface area contributed by atoms with Gasteiger partial charge in [-0.15, -0.1) is 0 Å². The van der Waals surface area contributed by atoms with E-state index in [2.05, 4.69) is 0 Å². The zero-order valence-electron chi connectivity index (χ0n) is 9.42. The lowest BCUT2D eigenvalue weighted by atomic mass is 10.2. The number of ether oxygens (including phenoxy) is 1. The highest BCUT2D eigenvalue weighted by Gasteiger charge is 2.21. The number of nitrogens with zero attached hydrogens (tertiary/aromatic N) is 1. The fraction of sp³-hybridized carbons (Fsp3) is 0.273. The van der Waals surface area contributed by atoms with Gasteiger partial charge in [0.25, 0.3) is 5.91 Å². The first kappa shape index (κ1) is 13.0. The summed E-state index contributed by atoms with van der Waals surface area (Å²) in [5, 5.41) is 8.86. The molecule has 17 heavy (non-hydrogen) atoms. The lowest BCUT2D eigenvalue weighted by Gasteiger charge is -2.16. The number of carbonyl (C=O) groups is 2. The molecule has 6 nitrogen and oxygen atoms in total. The van der Waals surface area contributed by atoms with Crippen molar-refractivity contribution in [3.8, 4) is 5.75 Å². The van der Waals surface area contributed by atoms with Crippen LogP contribution in [0.3, 0.4) is 0 Å². The van der Waals surface area contributed by atoms with Crippen molar-refractivity contribution in [3.63, 3.8) is 0 Å². The first-order valence-corrected chi connectivity index (χ1v) is 4.99. The van der Waals surface area contributed by atoms with E-state index in [-0.39, 0.29) is 18.7 Å². The van der Waals surface area contributed by atoms with E-state index in [1.54, 1.807) is 12.1 Å². The predicted molar refractivity (Wildman–Crippen MR) is 61.1 cm³/mol. The maximum absolute atomic E-state index is 11.8. The summed E-state index contributed by atoms with van der Waals surface area (Å²) in [5.41, 5.74) is 5.53. The number of carbonyl (C=O) groups excluding carboxylic acids is 1. The van der Waals surface area contributed by atoms with E-state index in [0.29, 0.717) is 10.6 Å². The molecule has 3 N–H and O–H groups in total. The molecular formula is C11H14N2O4. The van der Waals surface area contributed by atoms with Crippen LogP contribution < -0.4 is 10.5 Å². The van der Waals surface area contributed by atoms with Gasteiger partial charge in [-0.2, -0.15) is 0 Å². The van der Waals surface area contributed by atoms with Gasteiger partial charge in [0, 0.05) is 18.7 Å². The van der Waals surface area contributed by atoms with E-state index < -0.39 is 12.0 Å². The highest BCUT2D eigenvalue weighted by Crippen LogP contribution is 2.13. The van der Waals surface area contributed by atoms with Gasteiger partial charge in [-0.25, -0.2) is 9.69 Å². The summed E-state index contributed by atoms with van der Waals surface area (Å²) in [7, 11) is 1.51. The molecule has 0 unspecified atom stereocenters. The van der Waals surface area contributed by atoms with E-state index in [1.165, 1.54) is 19.2 Å². The topological polar surface area (TPSA) is 92.9 Å². The summed E-state index contributed by atoms with van der Waals surface area (Å²) < 4.78 is 4.94. The van der Waals surface area contributed by atoms with Gasteiger partial charge in [-0.3, -0.25) is 4.79 Å². The zero-order valence-corrected chi connectivity index (χ0v) is 9.42. The van der Waals surface area contributed by atoms with Gasteiger partial charge in [0.05, 0.1) is 7.11 Å². The van der Waals surface area contributed by atoms with Gasteiger partial charge in [0.15, 0.2) is 0 Å². The van der Waals surface area contributed by atoms with Crippen LogP contribution in [0.4, 0.5) is 4.79 Å². The summed E-state index contributed by atoms with van der Waals surface area (Å²) in [6, 6.07) is 6.20. The molecule has 0 aliphatic rings. The number of rotatable bonds is 4. The van der Waals surface area contributed by atoms with Crippen LogP contribution in [0.2, 0.25) is 0 Å². The fourth-order valence-electron chi connectivity index (χ4n) is 1.30. The van der Waals surface area contributed by atoms with Crippen LogP contribution in [-0.2, 0) is 0 Å². The Morgan fingerprint density at radius 2 is 1.94 bits per heavy atom. The van der Waals surface area contributed by atoms with Gasteiger partial charge < -0.3 is 15.6 Å². The van der Waals surface area contributed by atoms with Gasteiger partial charge in [-0.1, -0.05) is 0 Å². The standard InChI is InChI=1S/C11H14N2O4/c1-17-9-4-2-8(3-5-9)10(14)13(7-6-12)11(15)16/h2-5H,6-7,12H2,1H3,(H,15,16). The number of hydrogen-bond donors (Lipinski definition) is 2. The molecule has 0 spiro atoms. The molecule has 0 saturated heterocycles. The van der Waals surface area contributed by atoms with Crippen molar-refractivity contribution in [3.05, 3.63) is 29.8 Å². The molecule has 0 fully saturated rings. The SMILES string of the molecule is COc1ccc(C(=O)N(CCN)C(=O)O)cc1. The molecule has 0 radical (unpaired) electrons. The minimum absolute atomic E-state index is 0.0276. The van der Waals surface area contributed by atoms with E-state index in [9.17, 15) is 9.59 Å². The van der Waals surface area contributed by atoms with Crippen molar-refractivity contribution >= 4 is 12.0 Å². The number of methoxy groups -OCH3 is 1. The third-order valence-corrected chi connectivity index (χ3v) is 2.17. The Labute approximate surface area is 98.6 Å². The smallest absolute Gasteiger partial charge is 0.414 e. The number of carboxylic acid groups (broad SMARTS) is 1. The molecule has 92 valence electrons. The third kappa shape index (κ3) is 3.18. The largest absolute Gasteiger partial charge is 0.497 e. The average Bonchev–Trinajstić information content (AvgIpc) is 2.35. The summed E-state index contributed by atoms with van der Waals surface area (Å²) in [6.07, 6.45) is -1.31. The Hall–Kier alpha value is -2.08. The van der Waals surface area contributed by atoms with E-state index in [0.717, 1.165) is 0 Å². The summed E-state index contributed by atoms with van der Waals surface area (Å²) in [4.78, 5) is 23.4.